The Hall–Kier alpha value is -5.06. The van der Waals surface area contributed by atoms with E-state index in [9.17, 15) is 9.18 Å². The van der Waals surface area contributed by atoms with Gasteiger partial charge in [0.05, 0.1) is 7.11 Å². The summed E-state index contributed by atoms with van der Waals surface area (Å²) in [5, 5.41) is 1.55. The third-order valence-electron chi connectivity index (χ3n) is 7.94. The van der Waals surface area contributed by atoms with Crippen LogP contribution in [0.4, 0.5) is 8.78 Å². The fraction of sp³-hybridized carbons (Fsp3) is 0.189. The largest absolute Gasteiger partial charge is 0.497 e. The summed E-state index contributed by atoms with van der Waals surface area (Å²) in [6.07, 6.45) is 0.576. The number of carbonyl (C=O) groups excluding carboxylic acids is 1. The quantitative estimate of drug-likeness (QED) is 0.145. The van der Waals surface area contributed by atoms with E-state index in [4.69, 9.17) is 29.0 Å². The standard InChI is InChI=1S/C37H36F2N2O5Si/c1-6-29-34(41-36(45-29)24-17-19-25(43-5)20-18-24)31(23-44-30-22-21-28(38)32(33(30)39)35(40)42)46-47(37(2,3)4,26-13-9-7-10-14-26)27-15-11-8-12-16-27/h6-22,31H,1,23H2,2-5H3,(H2,40,42). The average Bonchev–Trinajstić information content (AvgIpc) is 3.50. The Labute approximate surface area is 273 Å². The van der Waals surface area contributed by atoms with Gasteiger partial charge in [0, 0.05) is 5.56 Å². The van der Waals surface area contributed by atoms with Crippen LogP contribution in [-0.2, 0) is 4.43 Å². The summed E-state index contributed by atoms with van der Waals surface area (Å²) in [4.78, 5) is 16.7. The fourth-order valence-corrected chi connectivity index (χ4v) is 10.3. The van der Waals surface area contributed by atoms with E-state index in [2.05, 4.69) is 27.4 Å². The number of halogens is 2. The highest BCUT2D eigenvalue weighted by Gasteiger charge is 2.52. The van der Waals surface area contributed by atoms with E-state index in [1.807, 2.05) is 72.8 Å². The van der Waals surface area contributed by atoms with Crippen LogP contribution in [0.15, 0.2) is 108 Å². The van der Waals surface area contributed by atoms with Crippen LogP contribution in [0, 0.1) is 11.6 Å². The number of primary amides is 1. The number of methoxy groups -OCH3 is 1. The normalized spacial score (nSPS) is 12.4. The molecule has 7 nitrogen and oxygen atoms in total. The number of ether oxygens (including phenoxy) is 2. The molecule has 1 atom stereocenters. The second-order valence-electron chi connectivity index (χ2n) is 11.9. The van der Waals surface area contributed by atoms with Gasteiger partial charge in [-0.15, -0.1) is 0 Å². The van der Waals surface area contributed by atoms with E-state index in [-0.39, 0.29) is 12.4 Å². The molecule has 0 radical (unpaired) electrons. The zero-order valence-electron chi connectivity index (χ0n) is 26.6. The molecule has 0 fully saturated rings. The Morgan fingerprint density at radius 3 is 2.06 bits per heavy atom. The topological polar surface area (TPSA) is 96.8 Å². The van der Waals surface area contributed by atoms with Crippen molar-refractivity contribution in [3.8, 4) is 23.0 Å². The van der Waals surface area contributed by atoms with Crippen molar-refractivity contribution in [1.82, 2.24) is 4.98 Å². The first-order chi connectivity index (χ1) is 22.5. The molecule has 5 aromatic rings. The van der Waals surface area contributed by atoms with Gasteiger partial charge < -0.3 is 24.1 Å². The molecule has 0 saturated carbocycles. The number of carbonyl (C=O) groups is 1. The second kappa shape index (κ2) is 13.7. The Kier molecular flexibility index (Phi) is 9.74. The molecule has 1 amide bonds. The molecule has 10 heteroatoms. The van der Waals surface area contributed by atoms with Gasteiger partial charge in [0.2, 0.25) is 5.89 Å². The summed E-state index contributed by atoms with van der Waals surface area (Å²) in [5.41, 5.74) is 5.44. The predicted octanol–water partition coefficient (Wildman–Crippen LogP) is 7.07. The molecule has 5 rings (SSSR count). The van der Waals surface area contributed by atoms with E-state index in [1.165, 1.54) is 6.08 Å². The van der Waals surface area contributed by atoms with E-state index in [0.717, 1.165) is 22.5 Å². The van der Waals surface area contributed by atoms with Crippen LogP contribution in [0.1, 0.15) is 48.7 Å². The van der Waals surface area contributed by atoms with Gasteiger partial charge >= 0.3 is 0 Å². The number of nitrogens with zero attached hydrogens (tertiary/aromatic N) is 1. The smallest absolute Gasteiger partial charge is 0.262 e. The van der Waals surface area contributed by atoms with Crippen molar-refractivity contribution in [3.63, 3.8) is 0 Å². The molecule has 0 aliphatic carbocycles. The van der Waals surface area contributed by atoms with Gasteiger partial charge in [-0.1, -0.05) is 88.0 Å². The zero-order valence-corrected chi connectivity index (χ0v) is 27.6. The number of hydrogen-bond acceptors (Lipinski definition) is 6. The Morgan fingerprint density at radius 1 is 0.957 bits per heavy atom. The van der Waals surface area contributed by atoms with Gasteiger partial charge in [-0.3, -0.25) is 4.79 Å². The number of aromatic nitrogens is 1. The number of oxazole rings is 1. The van der Waals surface area contributed by atoms with Crippen LogP contribution in [0.3, 0.4) is 0 Å². The van der Waals surface area contributed by atoms with Crippen LogP contribution in [-0.4, -0.2) is 32.9 Å². The third kappa shape index (κ3) is 6.60. The molecule has 1 unspecified atom stereocenters. The fourth-order valence-electron chi connectivity index (χ4n) is 5.69. The van der Waals surface area contributed by atoms with Crippen LogP contribution >= 0.6 is 0 Å². The number of benzene rings is 4. The van der Waals surface area contributed by atoms with Crippen molar-refractivity contribution in [3.05, 3.63) is 132 Å². The first-order valence-corrected chi connectivity index (χ1v) is 16.9. The minimum Gasteiger partial charge on any atom is -0.497 e. The lowest BCUT2D eigenvalue weighted by Crippen LogP contribution is -2.67. The minimum atomic E-state index is -3.24. The van der Waals surface area contributed by atoms with Gasteiger partial charge in [-0.05, 0) is 57.9 Å². The third-order valence-corrected chi connectivity index (χ3v) is 13.0. The molecule has 2 N–H and O–H groups in total. The number of hydrogen-bond donors (Lipinski definition) is 1. The maximum Gasteiger partial charge on any atom is 0.262 e. The van der Waals surface area contributed by atoms with E-state index < -0.39 is 42.6 Å². The molecule has 47 heavy (non-hydrogen) atoms. The lowest BCUT2D eigenvalue weighted by atomic mass is 10.1. The molecule has 0 bridgehead atoms. The lowest BCUT2D eigenvalue weighted by molar-refractivity contribution is 0.0986. The average molecular weight is 655 g/mol. The first-order valence-electron chi connectivity index (χ1n) is 15.0. The predicted molar refractivity (Wildman–Crippen MR) is 180 cm³/mol. The highest BCUT2D eigenvalue weighted by molar-refractivity contribution is 6.99. The van der Waals surface area contributed by atoms with E-state index >= 15 is 4.39 Å². The van der Waals surface area contributed by atoms with Crippen molar-refractivity contribution >= 4 is 30.7 Å². The summed E-state index contributed by atoms with van der Waals surface area (Å²) < 4.78 is 54.6. The molecule has 4 aromatic carbocycles. The van der Waals surface area contributed by atoms with Crippen molar-refractivity contribution in [2.45, 2.75) is 31.9 Å². The van der Waals surface area contributed by atoms with E-state index in [0.29, 0.717) is 28.7 Å². The first kappa shape index (κ1) is 33.3. The van der Waals surface area contributed by atoms with Crippen molar-refractivity contribution < 1.29 is 31.9 Å². The Morgan fingerprint density at radius 2 is 1.55 bits per heavy atom. The number of nitrogens with two attached hydrogens (primary N) is 1. The summed E-state index contributed by atoms with van der Waals surface area (Å²) in [6, 6.07) is 29.2. The van der Waals surface area contributed by atoms with E-state index in [1.54, 1.807) is 19.2 Å². The lowest BCUT2D eigenvalue weighted by Gasteiger charge is -2.44. The number of amides is 1. The van der Waals surface area contributed by atoms with Crippen molar-refractivity contribution in [1.29, 1.82) is 0 Å². The van der Waals surface area contributed by atoms with Gasteiger partial charge in [-0.2, -0.15) is 0 Å². The Bertz CT molecular complexity index is 1820. The van der Waals surface area contributed by atoms with Gasteiger partial charge in [-0.25, -0.2) is 13.8 Å². The van der Waals surface area contributed by atoms with Crippen LogP contribution < -0.4 is 25.6 Å². The molecule has 0 aliphatic heterocycles. The highest BCUT2D eigenvalue weighted by atomic mass is 28.4. The van der Waals surface area contributed by atoms with Gasteiger partial charge in [0.25, 0.3) is 14.2 Å². The SMILES string of the molecule is C=Cc1oc(-c2ccc(OC)cc2)nc1C(COc1ccc(F)c(C(N)=O)c1F)O[Si](c1ccccc1)(c1ccccc1)C(C)(C)C. The van der Waals surface area contributed by atoms with Crippen molar-refractivity contribution in [2.24, 2.45) is 5.73 Å². The van der Waals surface area contributed by atoms with Crippen molar-refractivity contribution in [2.75, 3.05) is 13.7 Å². The summed E-state index contributed by atoms with van der Waals surface area (Å²) >= 11 is 0. The molecule has 0 spiro atoms. The van der Waals surface area contributed by atoms with Gasteiger partial charge in [0.15, 0.2) is 17.3 Å². The summed E-state index contributed by atoms with van der Waals surface area (Å²) in [5.74, 6) is -2.60. The molecular weight excluding hydrogens is 618 g/mol. The molecule has 0 aliphatic rings. The monoisotopic (exact) mass is 654 g/mol. The Balaban J connectivity index is 1.69. The second-order valence-corrected chi connectivity index (χ2v) is 16.1. The maximum atomic E-state index is 15.4. The van der Waals surface area contributed by atoms with Crippen LogP contribution in [0.5, 0.6) is 11.5 Å². The highest BCUT2D eigenvalue weighted by Crippen LogP contribution is 2.41. The summed E-state index contributed by atoms with van der Waals surface area (Å²) in [7, 11) is -1.66. The molecular formula is C37H36F2N2O5Si. The molecule has 0 saturated heterocycles. The van der Waals surface area contributed by atoms with Gasteiger partial charge in [0.1, 0.15) is 35.5 Å². The molecule has 1 aromatic heterocycles. The number of rotatable bonds is 12. The molecule has 1 heterocycles. The summed E-state index contributed by atoms with van der Waals surface area (Å²) in [6.45, 7) is 10.0. The van der Waals surface area contributed by atoms with Crippen LogP contribution in [0.25, 0.3) is 17.5 Å². The molecule has 242 valence electrons. The zero-order chi connectivity index (χ0) is 33.8. The maximum absolute atomic E-state index is 15.4. The minimum absolute atomic E-state index is 0.277. The van der Waals surface area contributed by atoms with Crippen LogP contribution in [0.2, 0.25) is 5.04 Å².